The molecule has 0 aliphatic carbocycles. The van der Waals surface area contributed by atoms with Crippen molar-refractivity contribution in [3.05, 3.63) is 62.9 Å². The first-order valence-corrected chi connectivity index (χ1v) is 7.82. The second-order valence-corrected chi connectivity index (χ2v) is 6.25. The monoisotopic (exact) mass is 338 g/mol. The molecule has 8 heteroatoms. The molecule has 2 aromatic carbocycles. The van der Waals surface area contributed by atoms with Gasteiger partial charge in [0.1, 0.15) is 10.8 Å². The van der Waals surface area contributed by atoms with Gasteiger partial charge in [-0.25, -0.2) is 4.98 Å². The maximum Gasteiger partial charge on any atom is 0.270 e. The first-order chi connectivity index (χ1) is 11.5. The number of anilines is 1. The van der Waals surface area contributed by atoms with Crippen LogP contribution in [-0.2, 0) is 0 Å². The van der Waals surface area contributed by atoms with Gasteiger partial charge in [-0.1, -0.05) is 12.1 Å². The van der Waals surface area contributed by atoms with Crippen LogP contribution in [0.2, 0.25) is 0 Å². The van der Waals surface area contributed by atoms with E-state index in [1.54, 1.807) is 6.07 Å². The van der Waals surface area contributed by atoms with Crippen LogP contribution in [-0.4, -0.2) is 14.9 Å². The molecule has 0 fully saturated rings. The van der Waals surface area contributed by atoms with Crippen molar-refractivity contribution in [2.24, 2.45) is 0 Å². The van der Waals surface area contributed by atoms with Gasteiger partial charge in [-0.15, -0.1) is 11.3 Å². The van der Waals surface area contributed by atoms with E-state index in [4.69, 9.17) is 5.73 Å². The number of nitrogen functional groups attached to an aromatic ring is 1. The molecular formula is C16H10N4O3S. The van der Waals surface area contributed by atoms with Crippen LogP contribution >= 0.6 is 11.3 Å². The Morgan fingerprint density at radius 1 is 1.17 bits per heavy atom. The number of pyridine rings is 1. The molecule has 2 heterocycles. The summed E-state index contributed by atoms with van der Waals surface area (Å²) in [6, 6.07) is 11.8. The van der Waals surface area contributed by atoms with Crippen LogP contribution in [0.15, 0.2) is 47.3 Å². The molecule has 0 aliphatic rings. The maximum absolute atomic E-state index is 12.2. The number of nitrogens with one attached hydrogen (secondary N) is 1. The van der Waals surface area contributed by atoms with E-state index in [-0.39, 0.29) is 16.9 Å². The van der Waals surface area contributed by atoms with Crippen LogP contribution in [0.3, 0.4) is 0 Å². The molecule has 118 valence electrons. The van der Waals surface area contributed by atoms with E-state index in [9.17, 15) is 14.9 Å². The van der Waals surface area contributed by atoms with Gasteiger partial charge in [0.15, 0.2) is 0 Å². The zero-order valence-corrected chi connectivity index (χ0v) is 13.0. The molecule has 0 aliphatic heterocycles. The normalized spacial score (nSPS) is 11.2. The Labute approximate surface area is 138 Å². The molecule has 24 heavy (non-hydrogen) atoms. The van der Waals surface area contributed by atoms with Crippen LogP contribution in [0, 0.1) is 10.1 Å². The highest BCUT2D eigenvalue weighted by Gasteiger charge is 2.17. The van der Waals surface area contributed by atoms with E-state index in [0.29, 0.717) is 16.0 Å². The summed E-state index contributed by atoms with van der Waals surface area (Å²) in [6.07, 6.45) is 0. The van der Waals surface area contributed by atoms with E-state index >= 15 is 0 Å². The van der Waals surface area contributed by atoms with E-state index < -0.39 is 10.5 Å². The number of nitro benzene ring substituents is 1. The van der Waals surface area contributed by atoms with Crippen LogP contribution < -0.4 is 11.3 Å². The van der Waals surface area contributed by atoms with Gasteiger partial charge in [0.2, 0.25) is 0 Å². The molecule has 0 atom stereocenters. The van der Waals surface area contributed by atoms with Gasteiger partial charge in [0.25, 0.3) is 11.2 Å². The number of aromatic nitrogens is 2. The van der Waals surface area contributed by atoms with Crippen molar-refractivity contribution >= 4 is 43.8 Å². The third kappa shape index (κ3) is 2.12. The molecule has 0 saturated heterocycles. The summed E-state index contributed by atoms with van der Waals surface area (Å²) in [5, 5.41) is 12.4. The second-order valence-electron chi connectivity index (χ2n) is 5.22. The molecule has 7 nitrogen and oxygen atoms in total. The van der Waals surface area contributed by atoms with E-state index in [2.05, 4.69) is 9.97 Å². The number of hydrogen-bond donors (Lipinski definition) is 2. The number of aromatic amines is 1. The van der Waals surface area contributed by atoms with Crippen molar-refractivity contribution in [2.75, 3.05) is 5.73 Å². The van der Waals surface area contributed by atoms with Gasteiger partial charge in [0.05, 0.1) is 26.1 Å². The maximum atomic E-state index is 12.2. The van der Waals surface area contributed by atoms with Crippen molar-refractivity contribution in [1.29, 1.82) is 0 Å². The quantitative estimate of drug-likeness (QED) is 0.430. The predicted molar refractivity (Wildman–Crippen MR) is 94.2 cm³/mol. The number of non-ortho nitro benzene ring substituents is 1. The molecule has 2 aromatic heterocycles. The van der Waals surface area contributed by atoms with Crippen molar-refractivity contribution in [1.82, 2.24) is 9.97 Å². The molecule has 0 amide bonds. The van der Waals surface area contributed by atoms with E-state index in [1.165, 1.54) is 23.5 Å². The summed E-state index contributed by atoms with van der Waals surface area (Å²) in [6.45, 7) is 0. The van der Waals surface area contributed by atoms with Gasteiger partial charge >= 0.3 is 0 Å². The number of hydrogen-bond acceptors (Lipinski definition) is 6. The number of para-hydroxylation sites is 1. The van der Waals surface area contributed by atoms with Crippen molar-refractivity contribution in [3.8, 4) is 10.6 Å². The lowest BCUT2D eigenvalue weighted by Gasteiger charge is -2.07. The number of benzene rings is 2. The van der Waals surface area contributed by atoms with Crippen LogP contribution in [0.25, 0.3) is 31.6 Å². The predicted octanol–water partition coefficient (Wildman–Crippen LogP) is 3.30. The molecule has 3 N–H and O–H groups in total. The number of thiazole rings is 1. The first-order valence-electron chi connectivity index (χ1n) is 7.00. The van der Waals surface area contributed by atoms with Gasteiger partial charge in [-0.3, -0.25) is 14.9 Å². The number of nitro groups is 1. The second kappa shape index (κ2) is 5.14. The first kappa shape index (κ1) is 14.3. The Bertz CT molecular complexity index is 1150. The van der Waals surface area contributed by atoms with E-state index in [1.807, 2.05) is 24.3 Å². The summed E-state index contributed by atoms with van der Waals surface area (Å²) >= 11 is 1.45. The van der Waals surface area contributed by atoms with Crippen molar-refractivity contribution in [3.63, 3.8) is 0 Å². The fourth-order valence-corrected chi connectivity index (χ4v) is 3.70. The third-order valence-electron chi connectivity index (χ3n) is 3.75. The average molecular weight is 338 g/mol. The number of nitrogens with two attached hydrogens (primary N) is 1. The van der Waals surface area contributed by atoms with Crippen molar-refractivity contribution in [2.45, 2.75) is 0 Å². The molecule has 4 aromatic rings. The lowest BCUT2D eigenvalue weighted by molar-refractivity contribution is -0.384. The van der Waals surface area contributed by atoms with Crippen LogP contribution in [0.4, 0.5) is 11.5 Å². The summed E-state index contributed by atoms with van der Waals surface area (Å²) in [5.41, 5.74) is 6.82. The summed E-state index contributed by atoms with van der Waals surface area (Å²) in [7, 11) is 0. The average Bonchev–Trinajstić information content (AvgIpc) is 2.98. The summed E-state index contributed by atoms with van der Waals surface area (Å²) in [5.74, 6) is 0.195. The minimum Gasteiger partial charge on any atom is -0.385 e. The van der Waals surface area contributed by atoms with Crippen LogP contribution in [0.5, 0.6) is 0 Å². The Kier molecular flexibility index (Phi) is 3.07. The van der Waals surface area contributed by atoms with Gasteiger partial charge in [-0.05, 0) is 18.2 Å². The molecule has 0 unspecified atom stereocenters. The fraction of sp³-hybridized carbons (Fsp3) is 0. The zero-order chi connectivity index (χ0) is 16.8. The molecule has 0 radical (unpaired) electrons. The van der Waals surface area contributed by atoms with Gasteiger partial charge in [0, 0.05) is 17.5 Å². The topological polar surface area (TPSA) is 115 Å². The van der Waals surface area contributed by atoms with Gasteiger partial charge < -0.3 is 10.7 Å². The highest BCUT2D eigenvalue weighted by atomic mass is 32.1. The lowest BCUT2D eigenvalue weighted by atomic mass is 10.1. The number of fused-ring (bicyclic) bond motifs is 2. The molecule has 4 rings (SSSR count). The Balaban J connectivity index is 2.07. The fourth-order valence-electron chi connectivity index (χ4n) is 2.66. The standard InChI is InChI=1S/C16H10N4O3S/c17-14-13(16-18-11-3-1-2-4-12(11)24-16)9-6-5-8(20(22)23)7-10(9)15(21)19-14/h1-7H,(H3,17,19,21). The SMILES string of the molecule is Nc1[nH]c(=O)c2cc([N+](=O)[O-])ccc2c1-c1nc2ccccc2s1. The summed E-state index contributed by atoms with van der Waals surface area (Å²) in [4.78, 5) is 29.7. The number of nitrogens with zero attached hydrogens (tertiary/aromatic N) is 2. The largest absolute Gasteiger partial charge is 0.385 e. The highest BCUT2D eigenvalue weighted by Crippen LogP contribution is 2.37. The molecule has 0 bridgehead atoms. The Hall–Kier alpha value is -3.26. The van der Waals surface area contributed by atoms with E-state index in [0.717, 1.165) is 10.2 Å². The number of rotatable bonds is 2. The highest BCUT2D eigenvalue weighted by molar-refractivity contribution is 7.21. The minimum atomic E-state index is -0.535. The minimum absolute atomic E-state index is 0.145. The number of H-pyrrole nitrogens is 1. The third-order valence-corrected chi connectivity index (χ3v) is 4.81. The Morgan fingerprint density at radius 2 is 1.96 bits per heavy atom. The molecule has 0 saturated carbocycles. The molecular weight excluding hydrogens is 328 g/mol. The smallest absolute Gasteiger partial charge is 0.270 e. The Morgan fingerprint density at radius 3 is 2.71 bits per heavy atom. The van der Waals surface area contributed by atoms with Crippen molar-refractivity contribution < 1.29 is 4.92 Å². The molecule has 0 spiro atoms. The van der Waals surface area contributed by atoms with Gasteiger partial charge in [-0.2, -0.15) is 0 Å². The zero-order valence-electron chi connectivity index (χ0n) is 12.1. The lowest BCUT2D eigenvalue weighted by Crippen LogP contribution is -2.11. The summed E-state index contributed by atoms with van der Waals surface area (Å²) < 4.78 is 0.994. The van der Waals surface area contributed by atoms with Crippen LogP contribution in [0.1, 0.15) is 0 Å².